The number of halogens is 2. The normalized spacial score (nSPS) is 12.7. The number of nitrogens with zero attached hydrogens (tertiary/aromatic N) is 4. The highest BCUT2D eigenvalue weighted by atomic mass is 35.5. The number of hydrogen-bond acceptors (Lipinski definition) is 5. The number of fused-ring (bicyclic) bond motifs is 2. The molecule has 1 aliphatic rings. The van der Waals surface area contributed by atoms with Gasteiger partial charge in [-0.25, -0.2) is 0 Å². The topological polar surface area (TPSA) is 76.8 Å². The van der Waals surface area contributed by atoms with Gasteiger partial charge in [0.15, 0.2) is 11.5 Å². The minimum atomic E-state index is 0.206. The van der Waals surface area contributed by atoms with E-state index in [0.717, 1.165) is 33.5 Å². The van der Waals surface area contributed by atoms with Crippen molar-refractivity contribution in [2.24, 2.45) is 0 Å². The third-order valence-electron chi connectivity index (χ3n) is 4.47. The highest BCUT2D eigenvalue weighted by Crippen LogP contribution is 2.39. The Morgan fingerprint density at radius 1 is 1.04 bits per heavy atom. The zero-order valence-electron chi connectivity index (χ0n) is 14.0. The summed E-state index contributed by atoms with van der Waals surface area (Å²) >= 11 is 12.4. The van der Waals surface area contributed by atoms with Gasteiger partial charge in [-0.05, 0) is 48.7 Å². The van der Waals surface area contributed by atoms with Crippen LogP contribution in [-0.2, 0) is 0 Å². The number of nitrogens with one attached hydrogen (secondary N) is 1. The Balaban J connectivity index is 1.91. The van der Waals surface area contributed by atoms with Crippen molar-refractivity contribution in [3.8, 4) is 28.7 Å². The van der Waals surface area contributed by atoms with Gasteiger partial charge in [0.2, 0.25) is 6.79 Å². The maximum absolute atomic E-state index is 6.29. The standard InChI is InChI=1S/C18H12Cl2N5O2/c1-9-4-11-6-15-16(27-8-26-15)7-12(11)17(25(9)18-21-23-24-22-18)10-2-3-13(19)14(20)5-10/h2-7H,8H2,1H3,(H,21,22,23,24)/q+1. The van der Waals surface area contributed by atoms with E-state index in [-0.39, 0.29) is 6.79 Å². The Morgan fingerprint density at radius 2 is 1.85 bits per heavy atom. The minimum absolute atomic E-state index is 0.206. The summed E-state index contributed by atoms with van der Waals surface area (Å²) in [5, 5.41) is 17.4. The number of benzene rings is 2. The second kappa shape index (κ2) is 6.07. The van der Waals surface area contributed by atoms with Gasteiger partial charge in [-0.1, -0.05) is 28.4 Å². The molecule has 0 amide bonds. The number of H-pyrrole nitrogens is 1. The van der Waals surface area contributed by atoms with Gasteiger partial charge < -0.3 is 9.47 Å². The Labute approximate surface area is 163 Å². The van der Waals surface area contributed by atoms with Gasteiger partial charge in [0, 0.05) is 21.3 Å². The van der Waals surface area contributed by atoms with Crippen LogP contribution in [0, 0.1) is 6.92 Å². The molecule has 4 aromatic rings. The average Bonchev–Trinajstić information content (AvgIpc) is 3.32. The second-order valence-electron chi connectivity index (χ2n) is 6.10. The Morgan fingerprint density at radius 3 is 2.59 bits per heavy atom. The van der Waals surface area contributed by atoms with Crippen LogP contribution in [0.4, 0.5) is 0 Å². The van der Waals surface area contributed by atoms with E-state index in [0.29, 0.717) is 21.7 Å². The van der Waals surface area contributed by atoms with E-state index in [1.165, 1.54) is 0 Å². The summed E-state index contributed by atoms with van der Waals surface area (Å²) in [6.07, 6.45) is 0. The number of rotatable bonds is 2. The molecule has 0 saturated carbocycles. The van der Waals surface area contributed by atoms with Crippen LogP contribution >= 0.6 is 23.2 Å². The SMILES string of the molecule is Cc1cc2cc3c(cc2c(-c2ccc(Cl)c(Cl)c2)[n+]1-c1nn[nH]n1)OCO3. The first kappa shape index (κ1) is 16.3. The third-order valence-corrected chi connectivity index (χ3v) is 5.21. The molecule has 0 radical (unpaired) electrons. The smallest absolute Gasteiger partial charge is 0.454 e. The van der Waals surface area contributed by atoms with Gasteiger partial charge in [-0.2, -0.15) is 4.57 Å². The zero-order valence-corrected chi connectivity index (χ0v) is 15.5. The van der Waals surface area contributed by atoms with E-state index in [9.17, 15) is 0 Å². The highest BCUT2D eigenvalue weighted by Gasteiger charge is 2.26. The maximum atomic E-state index is 6.29. The summed E-state index contributed by atoms with van der Waals surface area (Å²) in [6.45, 7) is 2.18. The van der Waals surface area contributed by atoms with Crippen LogP contribution in [0.1, 0.15) is 5.69 Å². The molecule has 0 atom stereocenters. The molecule has 5 rings (SSSR count). The lowest BCUT2D eigenvalue weighted by Gasteiger charge is -2.13. The number of aromatic nitrogens is 5. The number of aryl methyl sites for hydroxylation is 1. The first-order chi connectivity index (χ1) is 13.1. The van der Waals surface area contributed by atoms with Crippen molar-refractivity contribution in [1.29, 1.82) is 0 Å². The molecule has 0 spiro atoms. The lowest BCUT2D eigenvalue weighted by Crippen LogP contribution is -2.38. The van der Waals surface area contributed by atoms with E-state index in [1.54, 1.807) is 6.07 Å². The van der Waals surface area contributed by atoms with Crippen molar-refractivity contribution in [1.82, 2.24) is 20.6 Å². The summed E-state index contributed by atoms with van der Waals surface area (Å²) in [5.74, 6) is 1.83. The predicted octanol–water partition coefficient (Wildman–Crippen LogP) is 3.64. The summed E-state index contributed by atoms with van der Waals surface area (Å²) in [5.41, 5.74) is 2.63. The van der Waals surface area contributed by atoms with Crippen molar-refractivity contribution in [3.63, 3.8) is 0 Å². The molecule has 27 heavy (non-hydrogen) atoms. The molecule has 0 bridgehead atoms. The van der Waals surface area contributed by atoms with Gasteiger partial charge in [-0.3, -0.25) is 0 Å². The van der Waals surface area contributed by atoms with Crippen molar-refractivity contribution in [2.75, 3.05) is 6.79 Å². The van der Waals surface area contributed by atoms with Crippen molar-refractivity contribution in [2.45, 2.75) is 6.92 Å². The first-order valence-electron chi connectivity index (χ1n) is 8.10. The monoisotopic (exact) mass is 400 g/mol. The second-order valence-corrected chi connectivity index (χ2v) is 6.92. The number of pyridine rings is 1. The summed E-state index contributed by atoms with van der Waals surface area (Å²) in [7, 11) is 0. The fourth-order valence-electron chi connectivity index (χ4n) is 3.31. The Kier molecular flexibility index (Phi) is 3.66. The van der Waals surface area contributed by atoms with Gasteiger partial charge in [0.25, 0.3) is 0 Å². The molecule has 0 fully saturated rings. The van der Waals surface area contributed by atoms with E-state index in [1.807, 2.05) is 41.8 Å². The van der Waals surface area contributed by atoms with Gasteiger partial charge in [-0.15, -0.1) is 0 Å². The van der Waals surface area contributed by atoms with Crippen LogP contribution in [0.5, 0.6) is 11.5 Å². The molecule has 0 unspecified atom stereocenters. The molecule has 2 aromatic carbocycles. The highest BCUT2D eigenvalue weighted by molar-refractivity contribution is 6.42. The molecule has 0 aliphatic carbocycles. The third kappa shape index (κ3) is 2.58. The van der Waals surface area contributed by atoms with Crippen LogP contribution < -0.4 is 14.0 Å². The molecule has 134 valence electrons. The van der Waals surface area contributed by atoms with Crippen molar-refractivity contribution >= 4 is 34.0 Å². The summed E-state index contributed by atoms with van der Waals surface area (Å²) in [4.78, 5) is 0. The van der Waals surface area contributed by atoms with Gasteiger partial charge in [0.1, 0.15) is 5.69 Å². The molecule has 1 N–H and O–H groups in total. The molecule has 1 aliphatic heterocycles. The van der Waals surface area contributed by atoms with E-state index < -0.39 is 0 Å². The Hall–Kier alpha value is -2.90. The number of aromatic amines is 1. The van der Waals surface area contributed by atoms with Crippen molar-refractivity contribution < 1.29 is 14.0 Å². The molecule has 3 heterocycles. The molecular weight excluding hydrogens is 389 g/mol. The van der Waals surface area contributed by atoms with Crippen LogP contribution in [0.25, 0.3) is 28.0 Å². The number of hydrogen-bond donors (Lipinski definition) is 1. The molecule has 9 heteroatoms. The summed E-state index contributed by atoms with van der Waals surface area (Å²) < 4.78 is 13.0. The molecule has 2 aromatic heterocycles. The fourth-order valence-corrected chi connectivity index (χ4v) is 3.60. The Bertz CT molecular complexity index is 1190. The van der Waals surface area contributed by atoms with Crippen LogP contribution in [0.2, 0.25) is 10.0 Å². The van der Waals surface area contributed by atoms with E-state index in [4.69, 9.17) is 32.7 Å². The predicted molar refractivity (Wildman–Crippen MR) is 99.5 cm³/mol. The van der Waals surface area contributed by atoms with Crippen molar-refractivity contribution in [3.05, 3.63) is 52.1 Å². The van der Waals surface area contributed by atoms with Gasteiger partial charge >= 0.3 is 5.95 Å². The first-order valence-corrected chi connectivity index (χ1v) is 8.85. The number of ether oxygens (including phenoxy) is 2. The molecular formula is C18H12Cl2N5O2+. The zero-order chi connectivity index (χ0) is 18.5. The fraction of sp³-hybridized carbons (Fsp3) is 0.111. The summed E-state index contributed by atoms with van der Waals surface area (Å²) in [6, 6.07) is 11.4. The van der Waals surface area contributed by atoms with Crippen LogP contribution in [0.15, 0.2) is 36.4 Å². The average molecular weight is 401 g/mol. The minimum Gasteiger partial charge on any atom is -0.454 e. The quantitative estimate of drug-likeness (QED) is 0.519. The lowest BCUT2D eigenvalue weighted by atomic mass is 10.0. The number of tetrazole rings is 1. The maximum Gasteiger partial charge on any atom is 0.483 e. The lowest BCUT2D eigenvalue weighted by molar-refractivity contribution is -0.597. The van der Waals surface area contributed by atoms with Crippen LogP contribution in [-0.4, -0.2) is 27.4 Å². The molecule has 7 nitrogen and oxygen atoms in total. The van der Waals surface area contributed by atoms with Gasteiger partial charge in [0.05, 0.1) is 20.8 Å². The molecule has 0 saturated heterocycles. The largest absolute Gasteiger partial charge is 0.483 e. The van der Waals surface area contributed by atoms with E-state index in [2.05, 4.69) is 20.6 Å². The van der Waals surface area contributed by atoms with Crippen LogP contribution in [0.3, 0.4) is 0 Å². The van der Waals surface area contributed by atoms with E-state index >= 15 is 0 Å².